The van der Waals surface area contributed by atoms with E-state index in [1.54, 1.807) is 11.3 Å². The molecule has 28 heavy (non-hydrogen) atoms. The van der Waals surface area contributed by atoms with Crippen LogP contribution in [-0.2, 0) is 4.74 Å². The van der Waals surface area contributed by atoms with E-state index in [9.17, 15) is 4.79 Å². The molecule has 0 N–H and O–H groups in total. The van der Waals surface area contributed by atoms with Crippen molar-refractivity contribution in [2.75, 3.05) is 24.6 Å². The SMILES string of the molecule is CCOC(=O)c1nc(N(CC)CC)sc1P(c1ccccc1)c1ccccc1. The Bertz CT molecular complexity index is 856. The fourth-order valence-corrected chi connectivity index (χ4v) is 7.18. The largest absolute Gasteiger partial charge is 0.461 e. The van der Waals surface area contributed by atoms with Gasteiger partial charge >= 0.3 is 5.97 Å². The Kier molecular flexibility index (Phi) is 7.18. The maximum absolute atomic E-state index is 12.8. The van der Waals surface area contributed by atoms with Crippen molar-refractivity contribution in [3.63, 3.8) is 0 Å². The summed E-state index contributed by atoms with van der Waals surface area (Å²) in [5, 5.41) is 3.27. The predicted octanol–water partition coefficient (Wildman–Crippen LogP) is 3.92. The van der Waals surface area contributed by atoms with Gasteiger partial charge in [-0.2, -0.15) is 0 Å². The smallest absolute Gasteiger partial charge is 0.358 e. The Morgan fingerprint density at radius 2 is 1.50 bits per heavy atom. The van der Waals surface area contributed by atoms with Gasteiger partial charge in [-0.05, 0) is 31.4 Å². The molecular weight excluding hydrogens is 387 g/mol. The first kappa shape index (κ1) is 20.5. The molecule has 6 heteroatoms. The third-order valence-corrected chi connectivity index (χ3v) is 8.32. The Hall–Kier alpha value is -2.23. The van der Waals surface area contributed by atoms with E-state index < -0.39 is 7.92 Å². The van der Waals surface area contributed by atoms with Crippen molar-refractivity contribution >= 4 is 45.6 Å². The van der Waals surface area contributed by atoms with E-state index in [-0.39, 0.29) is 5.97 Å². The summed E-state index contributed by atoms with van der Waals surface area (Å²) < 4.78 is 6.34. The molecule has 0 aliphatic rings. The predicted molar refractivity (Wildman–Crippen MR) is 120 cm³/mol. The summed E-state index contributed by atoms with van der Waals surface area (Å²) in [5.41, 5.74) is 0.451. The van der Waals surface area contributed by atoms with Crippen LogP contribution < -0.4 is 20.1 Å². The summed E-state index contributed by atoms with van der Waals surface area (Å²) in [5.74, 6) is -0.341. The molecule has 4 nitrogen and oxygen atoms in total. The topological polar surface area (TPSA) is 42.4 Å². The van der Waals surface area contributed by atoms with E-state index in [2.05, 4.69) is 43.0 Å². The molecular formula is C22H25N2O2PS. The van der Waals surface area contributed by atoms with Crippen LogP contribution >= 0.6 is 19.3 Å². The number of rotatable bonds is 8. The second-order valence-corrected chi connectivity index (χ2v) is 9.48. The quantitative estimate of drug-likeness (QED) is 0.415. The molecule has 0 aliphatic carbocycles. The molecule has 0 amide bonds. The van der Waals surface area contributed by atoms with Gasteiger partial charge in [0.1, 0.15) is 0 Å². The van der Waals surface area contributed by atoms with Gasteiger partial charge in [0, 0.05) is 21.0 Å². The van der Waals surface area contributed by atoms with E-state index in [4.69, 9.17) is 9.72 Å². The number of thiazole rings is 1. The molecule has 146 valence electrons. The summed E-state index contributed by atoms with van der Waals surface area (Å²) in [4.78, 5) is 19.7. The van der Waals surface area contributed by atoms with Crippen molar-refractivity contribution in [2.24, 2.45) is 0 Å². The van der Waals surface area contributed by atoms with Crippen LogP contribution in [0.1, 0.15) is 31.3 Å². The Morgan fingerprint density at radius 3 is 1.96 bits per heavy atom. The molecule has 3 aromatic rings. The monoisotopic (exact) mass is 412 g/mol. The third-order valence-electron chi connectivity index (χ3n) is 4.33. The maximum Gasteiger partial charge on any atom is 0.358 e. The zero-order chi connectivity index (χ0) is 19.9. The highest BCUT2D eigenvalue weighted by atomic mass is 32.1. The van der Waals surface area contributed by atoms with Crippen LogP contribution in [0.2, 0.25) is 0 Å². The zero-order valence-corrected chi connectivity index (χ0v) is 18.2. The van der Waals surface area contributed by atoms with Crippen molar-refractivity contribution in [1.29, 1.82) is 0 Å². The average Bonchev–Trinajstić information content (AvgIpc) is 3.16. The van der Waals surface area contributed by atoms with Crippen LogP contribution in [0.15, 0.2) is 60.7 Å². The molecule has 1 aromatic heterocycles. The molecule has 0 bridgehead atoms. The van der Waals surface area contributed by atoms with Crippen LogP contribution in [0.3, 0.4) is 0 Å². The molecule has 2 aromatic carbocycles. The van der Waals surface area contributed by atoms with Crippen LogP contribution in [0.4, 0.5) is 5.13 Å². The molecule has 0 unspecified atom stereocenters. The highest BCUT2D eigenvalue weighted by Gasteiger charge is 2.29. The number of carbonyl (C=O) groups is 1. The lowest BCUT2D eigenvalue weighted by atomic mass is 10.4. The second kappa shape index (κ2) is 9.81. The zero-order valence-electron chi connectivity index (χ0n) is 16.5. The van der Waals surface area contributed by atoms with E-state index in [1.165, 1.54) is 10.6 Å². The summed E-state index contributed by atoms with van der Waals surface area (Å²) in [6.45, 7) is 8.07. The standard InChI is InChI=1S/C22H25N2O2PS/c1-4-24(5-2)22-23-19(20(25)26-6-3)21(28-22)27(17-13-9-7-10-14-17)18-15-11-8-12-16-18/h7-16H,4-6H2,1-3H3. The van der Waals surface area contributed by atoms with Gasteiger partial charge in [0.2, 0.25) is 0 Å². The van der Waals surface area contributed by atoms with Gasteiger partial charge in [-0.15, -0.1) is 0 Å². The van der Waals surface area contributed by atoms with Crippen molar-refractivity contribution in [1.82, 2.24) is 4.98 Å². The first-order valence-corrected chi connectivity index (χ1v) is 11.7. The lowest BCUT2D eigenvalue weighted by molar-refractivity contribution is 0.0522. The Balaban J connectivity index is 2.19. The number of esters is 1. The number of benzene rings is 2. The molecule has 0 radical (unpaired) electrons. The van der Waals surface area contributed by atoms with E-state index >= 15 is 0 Å². The van der Waals surface area contributed by atoms with Crippen LogP contribution in [0.5, 0.6) is 0 Å². The molecule has 0 aliphatic heterocycles. The number of carbonyl (C=O) groups excluding carboxylic acids is 1. The minimum atomic E-state index is -0.895. The molecule has 0 saturated carbocycles. The van der Waals surface area contributed by atoms with Crippen molar-refractivity contribution in [2.45, 2.75) is 20.8 Å². The molecule has 0 spiro atoms. The Labute approximate surface area is 171 Å². The first-order chi connectivity index (χ1) is 13.7. The number of hydrogen-bond acceptors (Lipinski definition) is 5. The Morgan fingerprint density at radius 1 is 0.964 bits per heavy atom. The van der Waals surface area contributed by atoms with Gasteiger partial charge < -0.3 is 9.64 Å². The number of ether oxygens (including phenoxy) is 1. The summed E-state index contributed by atoms with van der Waals surface area (Å²) >= 11 is 1.61. The van der Waals surface area contributed by atoms with Crippen LogP contribution in [0, 0.1) is 0 Å². The second-order valence-electron chi connectivity index (χ2n) is 6.05. The van der Waals surface area contributed by atoms with E-state index in [0.717, 1.165) is 22.8 Å². The van der Waals surface area contributed by atoms with Gasteiger partial charge in [-0.1, -0.05) is 72.0 Å². The van der Waals surface area contributed by atoms with Crippen molar-refractivity contribution < 1.29 is 9.53 Å². The van der Waals surface area contributed by atoms with Gasteiger partial charge in [0.05, 0.1) is 11.2 Å². The molecule has 1 heterocycles. The number of hydrogen-bond donors (Lipinski definition) is 0. The molecule has 0 atom stereocenters. The summed E-state index contributed by atoms with van der Waals surface area (Å²) in [6, 6.07) is 20.7. The van der Waals surface area contributed by atoms with Gasteiger partial charge in [0.25, 0.3) is 0 Å². The minimum Gasteiger partial charge on any atom is -0.461 e. The van der Waals surface area contributed by atoms with Crippen LogP contribution in [0.25, 0.3) is 0 Å². The van der Waals surface area contributed by atoms with E-state index in [0.29, 0.717) is 12.3 Å². The first-order valence-electron chi connectivity index (χ1n) is 9.52. The highest BCUT2D eigenvalue weighted by molar-refractivity contribution is 7.84. The minimum absolute atomic E-state index is 0.338. The van der Waals surface area contributed by atoms with E-state index in [1.807, 2.05) is 43.3 Å². The molecule has 3 rings (SSSR count). The average molecular weight is 412 g/mol. The summed E-state index contributed by atoms with van der Waals surface area (Å²) in [7, 11) is -0.895. The lowest BCUT2D eigenvalue weighted by Crippen LogP contribution is -2.23. The van der Waals surface area contributed by atoms with Gasteiger partial charge in [0.15, 0.2) is 10.8 Å². The molecule has 0 fully saturated rings. The summed E-state index contributed by atoms with van der Waals surface area (Å²) in [6.07, 6.45) is 0. The number of aromatic nitrogens is 1. The fourth-order valence-electron chi connectivity index (χ4n) is 2.95. The van der Waals surface area contributed by atoms with Crippen LogP contribution in [-0.4, -0.2) is 30.6 Å². The third kappa shape index (κ3) is 4.43. The maximum atomic E-state index is 12.8. The molecule has 0 saturated heterocycles. The van der Waals surface area contributed by atoms with Crippen molar-refractivity contribution in [3.05, 3.63) is 66.4 Å². The number of anilines is 1. The normalized spacial score (nSPS) is 10.9. The van der Waals surface area contributed by atoms with Crippen molar-refractivity contribution in [3.8, 4) is 0 Å². The highest BCUT2D eigenvalue weighted by Crippen LogP contribution is 2.38. The van der Waals surface area contributed by atoms with Gasteiger partial charge in [-0.3, -0.25) is 0 Å². The fraction of sp³-hybridized carbons (Fsp3) is 0.273. The van der Waals surface area contributed by atoms with Gasteiger partial charge in [-0.25, -0.2) is 9.78 Å². The number of nitrogens with zero attached hydrogens (tertiary/aromatic N) is 2. The lowest BCUT2D eigenvalue weighted by Gasteiger charge is -2.18.